The Morgan fingerprint density at radius 1 is 0.970 bits per heavy atom. The zero-order chi connectivity index (χ0) is 24.1. The number of carboxylic acid groups (broad SMARTS) is 1. The van der Waals surface area contributed by atoms with Gasteiger partial charge in [0.25, 0.3) is 5.91 Å². The lowest BCUT2D eigenvalue weighted by atomic mass is 10.1. The van der Waals surface area contributed by atoms with Gasteiger partial charge in [0.1, 0.15) is 17.4 Å². The van der Waals surface area contributed by atoms with E-state index in [4.69, 9.17) is 4.74 Å². The number of hydrogen-bond donors (Lipinski definition) is 4. The average Bonchev–Trinajstić information content (AvgIpc) is 3.12. The largest absolute Gasteiger partial charge is 0.492 e. The van der Waals surface area contributed by atoms with E-state index >= 15 is 0 Å². The highest BCUT2D eigenvalue weighted by atomic mass is 32.1. The average molecular weight is 476 g/mol. The number of carboxylic acids is 1. The minimum Gasteiger partial charge on any atom is -0.492 e. The fraction of sp³-hybridized carbons (Fsp3) is 0.458. The van der Waals surface area contributed by atoms with Gasteiger partial charge in [-0.3, -0.25) is 10.1 Å². The summed E-state index contributed by atoms with van der Waals surface area (Å²) in [6, 6.07) is 8.76. The second-order valence-electron chi connectivity index (χ2n) is 7.63. The van der Waals surface area contributed by atoms with Gasteiger partial charge in [0.15, 0.2) is 0 Å². The third-order valence-corrected chi connectivity index (χ3v) is 6.22. The van der Waals surface area contributed by atoms with Crippen LogP contribution in [0.25, 0.3) is 0 Å². The van der Waals surface area contributed by atoms with Crippen molar-refractivity contribution in [3.8, 4) is 5.75 Å². The van der Waals surface area contributed by atoms with Gasteiger partial charge in [-0.1, -0.05) is 57.2 Å². The summed E-state index contributed by atoms with van der Waals surface area (Å²) in [5.41, 5.74) is 0.251. The quantitative estimate of drug-likeness (QED) is 0.285. The number of aromatic carboxylic acids is 1. The van der Waals surface area contributed by atoms with Crippen LogP contribution in [0.2, 0.25) is 0 Å². The first-order chi connectivity index (χ1) is 15.9. The topological polar surface area (TPSA) is 117 Å². The number of rotatable bonds is 14. The Kier molecular flexibility index (Phi) is 11.2. The number of para-hydroxylation sites is 1. The Morgan fingerprint density at radius 2 is 1.67 bits per heavy atom. The molecule has 0 saturated heterocycles. The number of nitrogens with one attached hydrogen (secondary N) is 3. The van der Waals surface area contributed by atoms with E-state index in [9.17, 15) is 19.5 Å². The number of hydrogen-bond acceptors (Lipinski definition) is 5. The van der Waals surface area contributed by atoms with Gasteiger partial charge in [-0.25, -0.2) is 9.59 Å². The molecule has 0 fully saturated rings. The first-order valence-electron chi connectivity index (χ1n) is 11.3. The van der Waals surface area contributed by atoms with Crippen molar-refractivity contribution in [3.05, 3.63) is 46.3 Å². The van der Waals surface area contributed by atoms with Crippen molar-refractivity contribution in [1.29, 1.82) is 0 Å². The number of anilines is 1. The molecule has 0 atom stereocenters. The van der Waals surface area contributed by atoms with Crippen LogP contribution in [0.1, 0.15) is 71.0 Å². The van der Waals surface area contributed by atoms with Crippen LogP contribution in [-0.4, -0.2) is 42.7 Å². The number of ether oxygens (including phenoxy) is 1. The van der Waals surface area contributed by atoms with E-state index in [-0.39, 0.29) is 28.6 Å². The molecule has 1 heterocycles. The molecule has 0 aliphatic rings. The van der Waals surface area contributed by atoms with Gasteiger partial charge in [-0.05, 0) is 31.0 Å². The number of benzene rings is 1. The van der Waals surface area contributed by atoms with Crippen LogP contribution < -0.4 is 20.7 Å². The maximum atomic E-state index is 12.6. The van der Waals surface area contributed by atoms with Crippen molar-refractivity contribution in [2.75, 3.05) is 25.0 Å². The molecule has 2 aromatic rings. The molecule has 0 saturated carbocycles. The number of carbonyl (C=O) groups is 3. The summed E-state index contributed by atoms with van der Waals surface area (Å²) in [5, 5.41) is 17.8. The van der Waals surface area contributed by atoms with Crippen LogP contribution in [0.4, 0.5) is 9.80 Å². The van der Waals surface area contributed by atoms with E-state index in [0.717, 1.165) is 30.6 Å². The predicted octanol–water partition coefficient (Wildman–Crippen LogP) is 5.05. The number of thiophene rings is 1. The Labute approximate surface area is 198 Å². The summed E-state index contributed by atoms with van der Waals surface area (Å²) in [5.74, 6) is -0.899. The Hall–Kier alpha value is -3.07. The Balaban J connectivity index is 1.86. The predicted molar refractivity (Wildman–Crippen MR) is 131 cm³/mol. The molecule has 8 nitrogen and oxygen atoms in total. The van der Waals surface area contributed by atoms with Crippen LogP contribution >= 0.6 is 11.3 Å². The van der Waals surface area contributed by atoms with Crippen LogP contribution in [0.15, 0.2) is 30.3 Å². The number of urea groups is 1. The van der Waals surface area contributed by atoms with Gasteiger partial charge in [0.05, 0.1) is 17.0 Å². The zero-order valence-electron chi connectivity index (χ0n) is 19.2. The highest BCUT2D eigenvalue weighted by Crippen LogP contribution is 2.33. The lowest BCUT2D eigenvalue weighted by Crippen LogP contribution is -2.29. The van der Waals surface area contributed by atoms with E-state index in [1.165, 1.54) is 19.3 Å². The van der Waals surface area contributed by atoms with Crippen molar-refractivity contribution in [3.63, 3.8) is 0 Å². The number of unbranched alkanes of at least 4 members (excludes halogenated alkanes) is 5. The summed E-state index contributed by atoms with van der Waals surface area (Å²) in [6.07, 6.45) is 6.65. The lowest BCUT2D eigenvalue weighted by Gasteiger charge is -2.07. The summed E-state index contributed by atoms with van der Waals surface area (Å²) < 4.78 is 5.55. The van der Waals surface area contributed by atoms with Crippen molar-refractivity contribution in [1.82, 2.24) is 10.6 Å². The molecule has 180 valence electrons. The van der Waals surface area contributed by atoms with E-state index < -0.39 is 17.9 Å². The molecule has 0 spiro atoms. The fourth-order valence-corrected chi connectivity index (χ4v) is 4.37. The summed E-state index contributed by atoms with van der Waals surface area (Å²) >= 11 is 0.952. The second kappa shape index (κ2) is 14.2. The molecule has 1 aromatic carbocycles. The summed E-state index contributed by atoms with van der Waals surface area (Å²) in [4.78, 5) is 36.8. The van der Waals surface area contributed by atoms with Gasteiger partial charge in [-0.2, -0.15) is 0 Å². The molecule has 9 heteroatoms. The Morgan fingerprint density at radius 3 is 2.36 bits per heavy atom. The molecular formula is C24H33N3O5S. The molecule has 0 unspecified atom stereocenters. The SMILES string of the molecule is CCCCCCCCNC(=O)Nc1sc(C(=O)NCCOc2ccccc2)c(C)c1C(=O)O. The van der Waals surface area contributed by atoms with Crippen LogP contribution in [0.3, 0.4) is 0 Å². The van der Waals surface area contributed by atoms with Gasteiger partial charge >= 0.3 is 12.0 Å². The molecule has 4 N–H and O–H groups in total. The molecule has 0 radical (unpaired) electrons. The molecule has 33 heavy (non-hydrogen) atoms. The minimum absolute atomic E-state index is 0.0691. The molecule has 2 rings (SSSR count). The minimum atomic E-state index is -1.19. The fourth-order valence-electron chi connectivity index (χ4n) is 3.26. The van der Waals surface area contributed by atoms with E-state index in [1.807, 2.05) is 30.3 Å². The van der Waals surface area contributed by atoms with Crippen molar-refractivity contribution < 1.29 is 24.2 Å². The normalized spacial score (nSPS) is 10.5. The van der Waals surface area contributed by atoms with E-state index in [0.29, 0.717) is 17.9 Å². The zero-order valence-corrected chi connectivity index (χ0v) is 20.1. The maximum Gasteiger partial charge on any atom is 0.339 e. The lowest BCUT2D eigenvalue weighted by molar-refractivity contribution is 0.0697. The second-order valence-corrected chi connectivity index (χ2v) is 8.65. The van der Waals surface area contributed by atoms with Crippen LogP contribution in [0.5, 0.6) is 5.75 Å². The number of amides is 3. The third-order valence-electron chi connectivity index (χ3n) is 5.01. The van der Waals surface area contributed by atoms with Gasteiger partial charge < -0.3 is 20.5 Å². The van der Waals surface area contributed by atoms with Crippen LogP contribution in [0, 0.1) is 6.92 Å². The first-order valence-corrected chi connectivity index (χ1v) is 12.1. The molecule has 0 aliphatic heterocycles. The van der Waals surface area contributed by atoms with Crippen LogP contribution in [-0.2, 0) is 0 Å². The van der Waals surface area contributed by atoms with Crippen molar-refractivity contribution in [2.45, 2.75) is 52.4 Å². The van der Waals surface area contributed by atoms with E-state index in [1.54, 1.807) is 6.92 Å². The van der Waals surface area contributed by atoms with Crippen molar-refractivity contribution in [2.24, 2.45) is 0 Å². The molecule has 0 bridgehead atoms. The molecule has 0 aliphatic carbocycles. The third kappa shape index (κ3) is 8.76. The highest BCUT2D eigenvalue weighted by molar-refractivity contribution is 7.18. The van der Waals surface area contributed by atoms with E-state index in [2.05, 4.69) is 22.9 Å². The monoisotopic (exact) mass is 475 g/mol. The van der Waals surface area contributed by atoms with Gasteiger partial charge in [0.2, 0.25) is 0 Å². The van der Waals surface area contributed by atoms with Gasteiger partial charge in [-0.15, -0.1) is 11.3 Å². The summed E-state index contributed by atoms with van der Waals surface area (Å²) in [7, 11) is 0. The molecular weight excluding hydrogens is 442 g/mol. The number of carbonyl (C=O) groups excluding carboxylic acids is 2. The van der Waals surface area contributed by atoms with Gasteiger partial charge in [0, 0.05) is 6.54 Å². The maximum absolute atomic E-state index is 12.6. The standard InChI is InChI=1S/C24H33N3O5S/c1-3-4-5-6-7-11-14-26-24(31)27-22-19(23(29)30)17(2)20(33-22)21(28)25-15-16-32-18-12-9-8-10-13-18/h8-10,12-13H,3-7,11,14-16H2,1-2H3,(H,25,28)(H,29,30)(H2,26,27,31). The smallest absolute Gasteiger partial charge is 0.339 e. The first kappa shape index (κ1) is 26.2. The summed E-state index contributed by atoms with van der Waals surface area (Å²) in [6.45, 7) is 4.78. The highest BCUT2D eigenvalue weighted by Gasteiger charge is 2.25. The Bertz CT molecular complexity index is 914. The molecule has 1 aromatic heterocycles. The molecule has 3 amide bonds. The van der Waals surface area contributed by atoms with Crippen molar-refractivity contribution >= 4 is 34.2 Å².